The summed E-state index contributed by atoms with van der Waals surface area (Å²) < 4.78 is 10.2. The van der Waals surface area contributed by atoms with E-state index in [9.17, 15) is 9.90 Å². The van der Waals surface area contributed by atoms with Gasteiger partial charge in [0.2, 0.25) is 5.91 Å². The molecule has 0 aliphatic carbocycles. The first kappa shape index (κ1) is 31.1. The van der Waals surface area contributed by atoms with E-state index in [0.717, 1.165) is 18.5 Å². The molecule has 0 spiro atoms. The van der Waals surface area contributed by atoms with Crippen LogP contribution in [0, 0.1) is 0 Å². The maximum atomic E-state index is 11.0. The summed E-state index contributed by atoms with van der Waals surface area (Å²) in [6.07, 6.45) is 10.2. The molecule has 0 bridgehead atoms. The van der Waals surface area contributed by atoms with E-state index >= 15 is 0 Å². The van der Waals surface area contributed by atoms with Crippen molar-refractivity contribution in [2.75, 3.05) is 26.9 Å². The molecular formula is C22H38N3O7P. The lowest BCUT2D eigenvalue weighted by Crippen LogP contribution is -2.25. The number of hydrogen-bond donors (Lipinski definition) is 5. The number of rotatable bonds is 10. The minimum Gasteiger partial charge on any atom is -0.396 e. The molecule has 3 unspecified atom stereocenters. The molecule has 0 saturated heterocycles. The summed E-state index contributed by atoms with van der Waals surface area (Å²) >= 11 is 0. The number of carbonyl (C=O) groups excluding carboxylic acids is 1. The van der Waals surface area contributed by atoms with Gasteiger partial charge in [0.05, 0.1) is 18.8 Å². The molecule has 3 atom stereocenters. The Kier molecular flexibility index (Phi) is 16.5. The molecule has 1 amide bonds. The van der Waals surface area contributed by atoms with Crippen molar-refractivity contribution in [3.63, 3.8) is 0 Å². The van der Waals surface area contributed by atoms with Crippen molar-refractivity contribution >= 4 is 15.4 Å². The third-order valence-electron chi connectivity index (χ3n) is 4.07. The summed E-state index contributed by atoms with van der Waals surface area (Å²) in [4.78, 5) is 16.8. The number of amides is 1. The van der Waals surface area contributed by atoms with Crippen LogP contribution in [0.25, 0.3) is 0 Å². The zero-order valence-corrected chi connectivity index (χ0v) is 20.7. The molecular weight excluding hydrogens is 449 g/mol. The van der Waals surface area contributed by atoms with Gasteiger partial charge in [0.15, 0.2) is 5.79 Å². The fourth-order valence-corrected chi connectivity index (χ4v) is 2.66. The quantitative estimate of drug-likeness (QED) is 0.240. The van der Waals surface area contributed by atoms with Gasteiger partial charge in [-0.3, -0.25) is 9.78 Å². The molecule has 33 heavy (non-hydrogen) atoms. The van der Waals surface area contributed by atoms with Gasteiger partial charge in [-0.2, -0.15) is 0 Å². The fraction of sp³-hybridized carbons (Fsp3) is 0.545. The van der Waals surface area contributed by atoms with Crippen molar-refractivity contribution in [1.29, 1.82) is 0 Å². The second-order valence-corrected chi connectivity index (χ2v) is 7.97. The average Bonchev–Trinajstić information content (AvgIpc) is 2.77. The number of aliphatic hydroxyl groups is 4. The zero-order valence-electron chi connectivity index (χ0n) is 19.5. The molecule has 1 aromatic rings. The Labute approximate surface area is 198 Å². The maximum absolute atomic E-state index is 11.0. The summed E-state index contributed by atoms with van der Waals surface area (Å²) in [5.74, 6) is -1.86. The lowest BCUT2D eigenvalue weighted by molar-refractivity contribution is -0.127. The summed E-state index contributed by atoms with van der Waals surface area (Å²) in [5.41, 5.74) is 6.62. The normalized spacial score (nSPS) is 14.8. The van der Waals surface area contributed by atoms with E-state index in [2.05, 4.69) is 14.5 Å². The SMILES string of the molecule is CC(C)(O)O.COC(CCN1C=CCC(C(N)=O)=C1)COP.OCCC(O)c1cccnc1. The van der Waals surface area contributed by atoms with Crippen molar-refractivity contribution < 1.29 is 34.5 Å². The Morgan fingerprint density at radius 2 is 2.03 bits per heavy atom. The molecule has 11 heteroatoms. The molecule has 2 rings (SSSR count). The van der Waals surface area contributed by atoms with E-state index in [1.807, 2.05) is 17.2 Å². The topological polar surface area (TPSA) is 159 Å². The van der Waals surface area contributed by atoms with Crippen LogP contribution in [0.4, 0.5) is 0 Å². The number of hydrogen-bond acceptors (Lipinski definition) is 9. The van der Waals surface area contributed by atoms with Crippen LogP contribution < -0.4 is 5.73 Å². The summed E-state index contributed by atoms with van der Waals surface area (Å²) in [6.45, 7) is 3.89. The van der Waals surface area contributed by atoms with Crippen LogP contribution >= 0.6 is 9.47 Å². The number of allylic oxidation sites excluding steroid dienone is 1. The highest BCUT2D eigenvalue weighted by Gasteiger charge is 2.12. The molecule has 1 aliphatic heterocycles. The predicted octanol–water partition coefficient (Wildman–Crippen LogP) is 0.991. The van der Waals surface area contributed by atoms with Crippen LogP contribution in [-0.4, -0.2) is 75.0 Å². The molecule has 2 heterocycles. The van der Waals surface area contributed by atoms with Gasteiger partial charge in [0.25, 0.3) is 0 Å². The van der Waals surface area contributed by atoms with Crippen LogP contribution in [-0.2, 0) is 14.1 Å². The lowest BCUT2D eigenvalue weighted by atomic mass is 10.1. The smallest absolute Gasteiger partial charge is 0.246 e. The number of nitrogens with two attached hydrogens (primary N) is 1. The van der Waals surface area contributed by atoms with Gasteiger partial charge in [-0.15, -0.1) is 0 Å². The number of nitrogens with zero attached hydrogens (tertiary/aromatic N) is 2. The number of aliphatic hydroxyl groups excluding tert-OH is 2. The van der Waals surface area contributed by atoms with E-state index in [1.165, 1.54) is 13.8 Å². The summed E-state index contributed by atoms with van der Waals surface area (Å²) in [6, 6.07) is 3.54. The largest absolute Gasteiger partial charge is 0.396 e. The van der Waals surface area contributed by atoms with Crippen molar-refractivity contribution in [3.8, 4) is 0 Å². The number of carbonyl (C=O) groups is 1. The van der Waals surface area contributed by atoms with E-state index in [-0.39, 0.29) is 18.6 Å². The van der Waals surface area contributed by atoms with Crippen molar-refractivity contribution in [3.05, 3.63) is 54.1 Å². The third-order valence-corrected chi connectivity index (χ3v) is 4.26. The van der Waals surface area contributed by atoms with Gasteiger partial charge in [-0.25, -0.2) is 0 Å². The first-order chi connectivity index (χ1) is 15.5. The number of ether oxygens (including phenoxy) is 1. The number of aromatic nitrogens is 1. The van der Waals surface area contributed by atoms with Crippen LogP contribution in [0.1, 0.15) is 44.8 Å². The molecule has 188 valence electrons. The van der Waals surface area contributed by atoms with Crippen LogP contribution in [0.15, 0.2) is 48.6 Å². The maximum Gasteiger partial charge on any atom is 0.246 e. The predicted molar refractivity (Wildman–Crippen MR) is 128 cm³/mol. The standard InChI is InChI=1S/C11H19N2O3P.C8H11NO2.C3H8O2/c1-15-10(8-16-17)4-6-13-5-2-3-9(7-13)11(12)14;10-5-3-8(11)7-2-1-4-9-6-7;1-3(2,4)5/h2,5,7,10H,3-4,6,8,17H2,1H3,(H2,12,14);1-2,4,6,8,10-11H,3,5H2;4-5H,1-2H3. The Hall–Kier alpha value is -1.91. The summed E-state index contributed by atoms with van der Waals surface area (Å²) in [7, 11) is 3.87. The Morgan fingerprint density at radius 1 is 1.36 bits per heavy atom. The van der Waals surface area contributed by atoms with Crippen LogP contribution in [0.2, 0.25) is 0 Å². The number of primary amides is 1. The molecule has 1 aliphatic rings. The first-order valence-corrected chi connectivity index (χ1v) is 10.9. The van der Waals surface area contributed by atoms with Crippen molar-refractivity contribution in [1.82, 2.24) is 9.88 Å². The minimum atomic E-state index is -1.50. The highest BCUT2D eigenvalue weighted by atomic mass is 31.0. The molecule has 0 fully saturated rings. The number of pyridine rings is 1. The van der Waals surface area contributed by atoms with Crippen LogP contribution in [0.3, 0.4) is 0 Å². The number of methoxy groups -OCH3 is 1. The molecule has 1 aromatic heterocycles. The van der Waals surface area contributed by atoms with Gasteiger partial charge >= 0.3 is 0 Å². The minimum absolute atomic E-state index is 0.00391. The van der Waals surface area contributed by atoms with Gasteiger partial charge in [-0.05, 0) is 44.5 Å². The van der Waals surface area contributed by atoms with E-state index in [0.29, 0.717) is 25.0 Å². The van der Waals surface area contributed by atoms with Crippen LogP contribution in [0.5, 0.6) is 0 Å². The lowest BCUT2D eigenvalue weighted by Gasteiger charge is -2.22. The average molecular weight is 488 g/mol. The van der Waals surface area contributed by atoms with Crippen molar-refractivity contribution in [2.24, 2.45) is 5.73 Å². The highest BCUT2D eigenvalue weighted by molar-refractivity contribution is 7.09. The second kappa shape index (κ2) is 17.6. The van der Waals surface area contributed by atoms with E-state index < -0.39 is 11.9 Å². The third kappa shape index (κ3) is 17.3. The Bertz CT molecular complexity index is 706. The summed E-state index contributed by atoms with van der Waals surface area (Å²) in [5, 5.41) is 34.0. The first-order valence-electron chi connectivity index (χ1n) is 10.4. The highest BCUT2D eigenvalue weighted by Crippen LogP contribution is 2.14. The monoisotopic (exact) mass is 487 g/mol. The van der Waals surface area contributed by atoms with Gasteiger partial charge in [0, 0.05) is 60.3 Å². The zero-order chi connectivity index (χ0) is 25.3. The Balaban J connectivity index is 0.000000546. The van der Waals surface area contributed by atoms with Crippen molar-refractivity contribution in [2.45, 2.75) is 51.1 Å². The second-order valence-electron chi connectivity index (χ2n) is 7.63. The molecule has 0 saturated carbocycles. The molecule has 10 nitrogen and oxygen atoms in total. The van der Waals surface area contributed by atoms with Gasteiger partial charge < -0.3 is 40.3 Å². The van der Waals surface area contributed by atoms with Gasteiger partial charge in [0.1, 0.15) is 0 Å². The fourth-order valence-electron chi connectivity index (χ4n) is 2.45. The Morgan fingerprint density at radius 3 is 2.52 bits per heavy atom. The molecule has 6 N–H and O–H groups in total. The van der Waals surface area contributed by atoms with E-state index in [1.54, 1.807) is 37.8 Å². The van der Waals surface area contributed by atoms with Gasteiger partial charge in [-0.1, -0.05) is 12.1 Å². The molecule has 0 radical (unpaired) electrons. The molecule has 0 aromatic carbocycles. The van der Waals surface area contributed by atoms with E-state index in [4.69, 9.17) is 30.3 Å².